The molecule has 0 radical (unpaired) electrons. The van der Waals surface area contributed by atoms with E-state index in [1.54, 1.807) is 0 Å². The van der Waals surface area contributed by atoms with Gasteiger partial charge in [-0.25, -0.2) is 4.98 Å². The second-order valence-corrected chi connectivity index (χ2v) is 15.8. The number of hydrogen-bond acceptors (Lipinski definition) is 2. The smallest absolute Gasteiger partial charge is 0.0695 e. The molecule has 4 nitrogen and oxygen atoms in total. The highest BCUT2D eigenvalue weighted by Gasteiger charge is 2.30. The van der Waals surface area contributed by atoms with Gasteiger partial charge in [0.1, 0.15) is 0 Å². The van der Waals surface area contributed by atoms with Crippen molar-refractivity contribution in [2.24, 2.45) is 0 Å². The van der Waals surface area contributed by atoms with Crippen molar-refractivity contribution in [1.29, 1.82) is 0 Å². The molecule has 2 aliphatic rings. The Morgan fingerprint density at radius 1 is 0.450 bits per heavy atom. The number of hydrogen-bond donors (Lipinski definition) is 2. The monoisotopic (exact) mass is 536 g/mol. The quantitative estimate of drug-likeness (QED) is 0.235. The van der Waals surface area contributed by atoms with Crippen molar-refractivity contribution in [3.8, 4) is 0 Å². The number of aromatic amines is 2. The Labute approximate surface area is 240 Å². The molecule has 3 aromatic heterocycles. The van der Waals surface area contributed by atoms with E-state index in [0.29, 0.717) is 0 Å². The lowest BCUT2D eigenvalue weighted by molar-refractivity contribution is 0.577. The summed E-state index contributed by atoms with van der Waals surface area (Å²) in [5.74, 6) is 0. The van der Waals surface area contributed by atoms with E-state index in [9.17, 15) is 0 Å². The van der Waals surface area contributed by atoms with Crippen LogP contribution in [0, 0.1) is 0 Å². The normalized spacial score (nSPS) is 14.7. The predicted molar refractivity (Wildman–Crippen MR) is 172 cm³/mol. The second-order valence-electron chi connectivity index (χ2n) is 15.8. The van der Waals surface area contributed by atoms with E-state index >= 15 is 0 Å². The predicted octanol–water partition coefficient (Wildman–Crippen LogP) is 9.46. The topological polar surface area (TPSA) is 57.4 Å². The van der Waals surface area contributed by atoms with Gasteiger partial charge in [-0.05, 0) is 70.9 Å². The molecule has 0 unspecified atom stereocenters. The van der Waals surface area contributed by atoms with Crippen LogP contribution in [0.2, 0.25) is 0 Å². The van der Waals surface area contributed by atoms with Crippen molar-refractivity contribution in [3.63, 3.8) is 0 Å². The average molecular weight is 537 g/mol. The summed E-state index contributed by atoms with van der Waals surface area (Å²) in [5.41, 5.74) is 13.8. The molecule has 0 saturated heterocycles. The molecular formula is C36H48N4. The van der Waals surface area contributed by atoms with Crippen molar-refractivity contribution in [3.05, 3.63) is 69.3 Å². The highest BCUT2D eigenvalue weighted by atomic mass is 14.8. The maximum atomic E-state index is 5.41. The van der Waals surface area contributed by atoms with Gasteiger partial charge in [0.2, 0.25) is 0 Å². The molecule has 8 bridgehead atoms. The van der Waals surface area contributed by atoms with Crippen LogP contribution in [0.3, 0.4) is 0 Å². The highest BCUT2D eigenvalue weighted by Crippen LogP contribution is 2.38. The molecule has 0 atom stereocenters. The molecule has 0 amide bonds. The molecule has 4 heteroatoms. The third kappa shape index (κ3) is 5.06. The highest BCUT2D eigenvalue weighted by molar-refractivity contribution is 5.82. The van der Waals surface area contributed by atoms with Crippen molar-refractivity contribution >= 4 is 34.2 Å². The van der Waals surface area contributed by atoms with Crippen LogP contribution < -0.4 is 0 Å². The first-order valence-electron chi connectivity index (χ1n) is 14.8. The van der Waals surface area contributed by atoms with Crippen molar-refractivity contribution in [1.82, 2.24) is 19.9 Å². The van der Waals surface area contributed by atoms with Crippen LogP contribution >= 0.6 is 0 Å². The van der Waals surface area contributed by atoms with Gasteiger partial charge >= 0.3 is 0 Å². The number of fused-ring (bicyclic) bond motifs is 8. The second kappa shape index (κ2) is 9.19. The molecule has 0 spiro atoms. The molecule has 3 aromatic rings. The minimum Gasteiger partial charge on any atom is -0.355 e. The number of aromatic nitrogens is 4. The molecule has 0 aromatic carbocycles. The summed E-state index contributed by atoms with van der Waals surface area (Å²) < 4.78 is 0. The zero-order valence-corrected chi connectivity index (χ0v) is 26.8. The lowest BCUT2D eigenvalue weighted by atomic mass is 9.83. The lowest BCUT2D eigenvalue weighted by Gasteiger charge is -2.22. The summed E-state index contributed by atoms with van der Waals surface area (Å²) >= 11 is 0. The van der Waals surface area contributed by atoms with Gasteiger partial charge in [-0.1, -0.05) is 83.1 Å². The fourth-order valence-corrected chi connectivity index (χ4v) is 6.72. The number of nitrogens with one attached hydrogen (secondary N) is 2. The van der Waals surface area contributed by atoms with Gasteiger partial charge in [-0.3, -0.25) is 4.98 Å². The SMILES string of the molecule is CC(C)(C)c1c2nc(c(C(C)(C)C)c3ccc([nH]3)c(C(C)(C)C)c3ccc([nH]3)c(C(C)(C)C)c3nc1CC3)C=C2. The van der Waals surface area contributed by atoms with Crippen LogP contribution in [0.15, 0.2) is 24.3 Å². The number of aryl methyl sites for hydroxylation is 2. The summed E-state index contributed by atoms with van der Waals surface area (Å²) in [7, 11) is 0. The minimum absolute atomic E-state index is 0.0620. The first kappa shape index (κ1) is 28.4. The summed E-state index contributed by atoms with van der Waals surface area (Å²) in [6.07, 6.45) is 6.30. The fourth-order valence-electron chi connectivity index (χ4n) is 6.72. The number of H-pyrrole nitrogens is 2. The molecule has 5 heterocycles. The van der Waals surface area contributed by atoms with Crippen molar-refractivity contribution in [2.45, 2.75) is 118 Å². The van der Waals surface area contributed by atoms with E-state index in [-0.39, 0.29) is 21.7 Å². The Bertz CT molecular complexity index is 1660. The number of nitrogens with zero attached hydrogens (tertiary/aromatic N) is 2. The van der Waals surface area contributed by atoms with Crippen LogP contribution in [-0.4, -0.2) is 19.9 Å². The summed E-state index contributed by atoms with van der Waals surface area (Å²) in [5, 5.41) is 0. The molecule has 40 heavy (non-hydrogen) atoms. The first-order chi connectivity index (χ1) is 18.4. The van der Waals surface area contributed by atoms with E-state index in [0.717, 1.165) is 46.3 Å². The maximum Gasteiger partial charge on any atom is 0.0695 e. The number of rotatable bonds is 0. The van der Waals surface area contributed by atoms with Gasteiger partial charge in [0.25, 0.3) is 0 Å². The van der Waals surface area contributed by atoms with Gasteiger partial charge < -0.3 is 9.97 Å². The molecule has 5 rings (SSSR count). The maximum absolute atomic E-state index is 5.41. The largest absolute Gasteiger partial charge is 0.355 e. The van der Waals surface area contributed by atoms with E-state index in [4.69, 9.17) is 9.97 Å². The zero-order chi connectivity index (χ0) is 29.4. The minimum atomic E-state index is -0.0992. The van der Waals surface area contributed by atoms with E-state index in [2.05, 4.69) is 129 Å². The Balaban J connectivity index is 2.08. The van der Waals surface area contributed by atoms with E-state index in [1.165, 1.54) is 33.6 Å². The molecular weight excluding hydrogens is 488 g/mol. The molecule has 2 N–H and O–H groups in total. The van der Waals surface area contributed by atoms with Crippen molar-refractivity contribution in [2.75, 3.05) is 0 Å². The standard InChI is InChI=1S/C36H48N4/c1-33(2,3)29-21-13-15-23(37-21)30(34(4,5)6)25-17-19-27(39-25)32(36(10,11)12)28-20-18-26(40-28)31(35(7,8)9)24-16-14-22(29)38-24/h13-17,19,37-38H,18,20H2,1-12H3. The fraction of sp³-hybridized carbons (Fsp3) is 0.500. The summed E-state index contributed by atoms with van der Waals surface area (Å²) in [6.45, 7) is 27.5. The molecule has 0 saturated carbocycles. The molecule has 0 fully saturated rings. The van der Waals surface area contributed by atoms with Crippen LogP contribution in [0.4, 0.5) is 0 Å². The third-order valence-corrected chi connectivity index (χ3v) is 8.05. The van der Waals surface area contributed by atoms with Gasteiger partial charge in [-0.2, -0.15) is 0 Å². The Kier molecular flexibility index (Phi) is 6.52. The van der Waals surface area contributed by atoms with Crippen LogP contribution in [0.5, 0.6) is 0 Å². The first-order valence-corrected chi connectivity index (χ1v) is 14.8. The Hall–Kier alpha value is -3.14. The third-order valence-electron chi connectivity index (χ3n) is 8.05. The Morgan fingerprint density at radius 2 is 0.800 bits per heavy atom. The summed E-state index contributed by atoms with van der Waals surface area (Å²) in [6, 6.07) is 9.00. The average Bonchev–Trinajstić information content (AvgIpc) is 3.55. The van der Waals surface area contributed by atoms with Crippen LogP contribution in [0.25, 0.3) is 34.2 Å². The Morgan fingerprint density at radius 3 is 1.23 bits per heavy atom. The molecule has 212 valence electrons. The van der Waals surface area contributed by atoms with E-state index < -0.39 is 0 Å². The van der Waals surface area contributed by atoms with Crippen LogP contribution in [-0.2, 0) is 34.5 Å². The molecule has 0 aliphatic carbocycles. The van der Waals surface area contributed by atoms with Crippen LogP contribution in [0.1, 0.15) is 128 Å². The van der Waals surface area contributed by atoms with E-state index in [1.807, 2.05) is 0 Å². The summed E-state index contributed by atoms with van der Waals surface area (Å²) in [4.78, 5) is 18.4. The van der Waals surface area contributed by atoms with Gasteiger partial charge in [0, 0.05) is 55.7 Å². The van der Waals surface area contributed by atoms with Gasteiger partial charge in [0.15, 0.2) is 0 Å². The lowest BCUT2D eigenvalue weighted by Crippen LogP contribution is -2.16. The zero-order valence-electron chi connectivity index (χ0n) is 26.8. The van der Waals surface area contributed by atoms with Gasteiger partial charge in [-0.15, -0.1) is 0 Å². The van der Waals surface area contributed by atoms with Gasteiger partial charge in [0.05, 0.1) is 11.4 Å². The molecule has 2 aliphatic heterocycles. The van der Waals surface area contributed by atoms with Crippen molar-refractivity contribution < 1.29 is 0 Å².